The van der Waals surface area contributed by atoms with Crippen LogP contribution >= 0.6 is 11.8 Å². The molecule has 2 aromatic rings. The SMILES string of the molecule is CCCNc1cc(Sc2n[nH]c(=O)n2C(C)C)ncn1. The van der Waals surface area contributed by atoms with Gasteiger partial charge in [-0.25, -0.2) is 19.9 Å². The quantitative estimate of drug-likeness (QED) is 0.791. The molecule has 0 atom stereocenters. The molecule has 2 N–H and O–H groups in total. The molecular weight excluding hydrogens is 276 g/mol. The summed E-state index contributed by atoms with van der Waals surface area (Å²) in [5.41, 5.74) is -0.208. The summed E-state index contributed by atoms with van der Waals surface area (Å²) in [5.74, 6) is 0.776. The fraction of sp³-hybridized carbons (Fsp3) is 0.500. The number of rotatable bonds is 6. The van der Waals surface area contributed by atoms with Gasteiger partial charge in [-0.05, 0) is 32.0 Å². The van der Waals surface area contributed by atoms with Gasteiger partial charge in [0.05, 0.1) is 0 Å². The molecule has 8 heteroatoms. The second-order valence-corrected chi connectivity index (χ2v) is 5.53. The maximum Gasteiger partial charge on any atom is 0.344 e. The summed E-state index contributed by atoms with van der Waals surface area (Å²) in [4.78, 5) is 20.0. The lowest BCUT2D eigenvalue weighted by molar-refractivity contribution is 0.534. The molecule has 0 aliphatic carbocycles. The predicted octanol–water partition coefficient (Wildman–Crippen LogP) is 1.92. The van der Waals surface area contributed by atoms with Crippen LogP contribution in [0.4, 0.5) is 5.82 Å². The van der Waals surface area contributed by atoms with Crippen LogP contribution < -0.4 is 11.0 Å². The molecule has 0 saturated heterocycles. The van der Waals surface area contributed by atoms with Crippen LogP contribution in [0.15, 0.2) is 27.4 Å². The molecule has 0 fully saturated rings. The first-order valence-corrected chi connectivity index (χ1v) is 7.34. The number of aromatic nitrogens is 5. The van der Waals surface area contributed by atoms with E-state index in [0.29, 0.717) is 5.16 Å². The summed E-state index contributed by atoms with van der Waals surface area (Å²) in [5, 5.41) is 11.1. The van der Waals surface area contributed by atoms with Crippen LogP contribution in [0.1, 0.15) is 33.2 Å². The molecule has 0 aromatic carbocycles. The molecule has 108 valence electrons. The Morgan fingerprint density at radius 1 is 1.45 bits per heavy atom. The largest absolute Gasteiger partial charge is 0.370 e. The fourth-order valence-electron chi connectivity index (χ4n) is 1.66. The number of nitrogens with zero attached hydrogens (tertiary/aromatic N) is 4. The van der Waals surface area contributed by atoms with Crippen molar-refractivity contribution < 1.29 is 0 Å². The van der Waals surface area contributed by atoms with Crippen LogP contribution in [0, 0.1) is 0 Å². The Morgan fingerprint density at radius 2 is 2.25 bits per heavy atom. The Kier molecular flexibility index (Phi) is 4.78. The first-order chi connectivity index (χ1) is 9.61. The smallest absolute Gasteiger partial charge is 0.344 e. The first kappa shape index (κ1) is 14.6. The van der Waals surface area contributed by atoms with E-state index in [1.165, 1.54) is 18.1 Å². The molecule has 0 aliphatic heterocycles. The van der Waals surface area contributed by atoms with Gasteiger partial charge in [0, 0.05) is 18.7 Å². The van der Waals surface area contributed by atoms with Crippen molar-refractivity contribution in [2.75, 3.05) is 11.9 Å². The normalized spacial score (nSPS) is 11.0. The third-order valence-corrected chi connectivity index (χ3v) is 3.49. The molecule has 0 radical (unpaired) electrons. The lowest BCUT2D eigenvalue weighted by Crippen LogP contribution is -2.19. The molecule has 0 bridgehead atoms. The van der Waals surface area contributed by atoms with Crippen LogP contribution in [0.3, 0.4) is 0 Å². The van der Waals surface area contributed by atoms with Crippen molar-refractivity contribution in [3.8, 4) is 0 Å². The maximum absolute atomic E-state index is 11.7. The number of hydrogen-bond acceptors (Lipinski definition) is 6. The van der Waals surface area contributed by atoms with E-state index < -0.39 is 0 Å². The van der Waals surface area contributed by atoms with Crippen LogP contribution in [-0.4, -0.2) is 31.3 Å². The Hall–Kier alpha value is -1.83. The van der Waals surface area contributed by atoms with Gasteiger partial charge in [0.15, 0.2) is 5.16 Å². The van der Waals surface area contributed by atoms with E-state index in [1.54, 1.807) is 4.57 Å². The highest BCUT2D eigenvalue weighted by Gasteiger charge is 2.13. The molecular formula is C12H18N6OS. The molecule has 20 heavy (non-hydrogen) atoms. The zero-order valence-corrected chi connectivity index (χ0v) is 12.6. The average molecular weight is 294 g/mol. The van der Waals surface area contributed by atoms with E-state index in [1.807, 2.05) is 19.9 Å². The maximum atomic E-state index is 11.7. The topological polar surface area (TPSA) is 88.5 Å². The van der Waals surface area contributed by atoms with Gasteiger partial charge in [-0.1, -0.05) is 6.92 Å². The molecule has 0 saturated carbocycles. The average Bonchev–Trinajstić information content (AvgIpc) is 2.78. The van der Waals surface area contributed by atoms with Crippen molar-refractivity contribution in [3.05, 3.63) is 22.9 Å². The number of hydrogen-bond donors (Lipinski definition) is 2. The second kappa shape index (κ2) is 6.56. The molecule has 2 rings (SSSR count). The molecule has 0 aliphatic rings. The molecule has 7 nitrogen and oxygen atoms in total. The summed E-state index contributed by atoms with van der Waals surface area (Å²) in [6, 6.07) is 1.90. The monoisotopic (exact) mass is 294 g/mol. The molecule has 0 spiro atoms. The van der Waals surface area contributed by atoms with Gasteiger partial charge in [-0.15, -0.1) is 5.10 Å². The Balaban J connectivity index is 2.20. The van der Waals surface area contributed by atoms with E-state index in [4.69, 9.17) is 0 Å². The van der Waals surface area contributed by atoms with Crippen molar-refractivity contribution in [1.82, 2.24) is 24.7 Å². The summed E-state index contributed by atoms with van der Waals surface area (Å²) in [6.07, 6.45) is 2.53. The van der Waals surface area contributed by atoms with Crippen molar-refractivity contribution in [2.24, 2.45) is 0 Å². The fourth-order valence-corrected chi connectivity index (χ4v) is 2.60. The minimum Gasteiger partial charge on any atom is -0.370 e. The number of H-pyrrole nitrogens is 1. The van der Waals surface area contributed by atoms with Crippen molar-refractivity contribution in [1.29, 1.82) is 0 Å². The lowest BCUT2D eigenvalue weighted by Gasteiger charge is -2.08. The third kappa shape index (κ3) is 3.38. The second-order valence-electron chi connectivity index (χ2n) is 4.55. The van der Waals surface area contributed by atoms with E-state index >= 15 is 0 Å². The highest BCUT2D eigenvalue weighted by Crippen LogP contribution is 2.25. The van der Waals surface area contributed by atoms with Crippen LogP contribution in [0.5, 0.6) is 0 Å². The Morgan fingerprint density at radius 3 is 2.95 bits per heavy atom. The van der Waals surface area contributed by atoms with Gasteiger partial charge in [0.25, 0.3) is 0 Å². The van der Waals surface area contributed by atoms with Crippen LogP contribution in [0.25, 0.3) is 0 Å². The number of aromatic amines is 1. The van der Waals surface area contributed by atoms with Gasteiger partial charge in [0.1, 0.15) is 17.2 Å². The summed E-state index contributed by atoms with van der Waals surface area (Å²) in [6.45, 7) is 6.83. The third-order valence-electron chi connectivity index (χ3n) is 2.58. The standard InChI is InChI=1S/C12H18N6OS/c1-4-5-13-9-6-10(15-7-14-9)20-12-17-16-11(19)18(12)8(2)3/h6-8H,4-5H2,1-3H3,(H,16,19)(H,13,14,15). The number of anilines is 1. The summed E-state index contributed by atoms with van der Waals surface area (Å²) < 4.78 is 1.60. The van der Waals surface area contributed by atoms with Crippen molar-refractivity contribution in [3.63, 3.8) is 0 Å². The van der Waals surface area contributed by atoms with E-state index in [9.17, 15) is 4.79 Å². The van der Waals surface area contributed by atoms with Crippen molar-refractivity contribution >= 4 is 17.6 Å². The van der Waals surface area contributed by atoms with Crippen LogP contribution in [-0.2, 0) is 0 Å². The van der Waals surface area contributed by atoms with Gasteiger partial charge in [-0.3, -0.25) is 4.57 Å². The summed E-state index contributed by atoms with van der Waals surface area (Å²) >= 11 is 1.34. The predicted molar refractivity (Wildman–Crippen MR) is 78.2 cm³/mol. The molecule has 0 amide bonds. The van der Waals surface area contributed by atoms with E-state index in [2.05, 4.69) is 32.4 Å². The van der Waals surface area contributed by atoms with E-state index in [0.717, 1.165) is 23.8 Å². The highest BCUT2D eigenvalue weighted by molar-refractivity contribution is 7.99. The molecule has 2 aromatic heterocycles. The van der Waals surface area contributed by atoms with Gasteiger partial charge < -0.3 is 5.32 Å². The van der Waals surface area contributed by atoms with Gasteiger partial charge >= 0.3 is 5.69 Å². The van der Waals surface area contributed by atoms with Crippen LogP contribution in [0.2, 0.25) is 0 Å². The molecule has 2 heterocycles. The Bertz CT molecular complexity index is 620. The van der Waals surface area contributed by atoms with Crippen molar-refractivity contribution in [2.45, 2.75) is 43.4 Å². The van der Waals surface area contributed by atoms with E-state index in [-0.39, 0.29) is 11.7 Å². The summed E-state index contributed by atoms with van der Waals surface area (Å²) in [7, 11) is 0. The first-order valence-electron chi connectivity index (χ1n) is 6.52. The zero-order valence-electron chi connectivity index (χ0n) is 11.8. The minimum absolute atomic E-state index is 0.0447. The van der Waals surface area contributed by atoms with Gasteiger partial charge in [-0.2, -0.15) is 0 Å². The zero-order chi connectivity index (χ0) is 14.5. The number of nitrogens with one attached hydrogen (secondary N) is 2. The lowest BCUT2D eigenvalue weighted by atomic mass is 10.4. The Labute approximate surface area is 121 Å². The highest BCUT2D eigenvalue weighted by atomic mass is 32.2. The minimum atomic E-state index is -0.208. The molecule has 0 unspecified atom stereocenters. The van der Waals surface area contributed by atoms with Gasteiger partial charge in [0.2, 0.25) is 0 Å².